The van der Waals surface area contributed by atoms with E-state index in [4.69, 9.17) is 10.2 Å². The lowest BCUT2D eigenvalue weighted by Gasteiger charge is -2.12. The summed E-state index contributed by atoms with van der Waals surface area (Å²) in [5.74, 6) is 1.50. The largest absolute Gasteiger partial charge is 0.444 e. The van der Waals surface area contributed by atoms with Gasteiger partial charge in [0.15, 0.2) is 0 Å². The fourth-order valence-electron chi connectivity index (χ4n) is 1.51. The third-order valence-corrected chi connectivity index (χ3v) is 2.28. The molecule has 3 N–H and O–H groups in total. The molecule has 0 saturated heterocycles. The van der Waals surface area contributed by atoms with Gasteiger partial charge in [-0.3, -0.25) is 0 Å². The van der Waals surface area contributed by atoms with Crippen LogP contribution in [0.2, 0.25) is 0 Å². The van der Waals surface area contributed by atoms with Crippen LogP contribution in [-0.4, -0.2) is 4.98 Å². The minimum atomic E-state index is 0.0236. The topological polar surface area (TPSA) is 64.1 Å². The average molecular weight is 217 g/mol. The van der Waals surface area contributed by atoms with Crippen molar-refractivity contribution in [1.29, 1.82) is 0 Å². The molecule has 0 fully saturated rings. The molecular formula is C12H15N3O. The number of hydrogen-bond acceptors (Lipinski definition) is 4. The summed E-state index contributed by atoms with van der Waals surface area (Å²) in [6.07, 6.45) is 1.72. The summed E-state index contributed by atoms with van der Waals surface area (Å²) in [7, 11) is 0. The van der Waals surface area contributed by atoms with Gasteiger partial charge in [0.25, 0.3) is 0 Å². The van der Waals surface area contributed by atoms with Crippen molar-refractivity contribution in [3.05, 3.63) is 42.1 Å². The van der Waals surface area contributed by atoms with Crippen LogP contribution in [0.5, 0.6) is 0 Å². The highest BCUT2D eigenvalue weighted by molar-refractivity contribution is 5.54. The van der Waals surface area contributed by atoms with Crippen LogP contribution >= 0.6 is 0 Å². The molecule has 0 saturated carbocycles. The molecular weight excluding hydrogens is 202 g/mol. The Morgan fingerprint density at radius 3 is 2.88 bits per heavy atom. The lowest BCUT2D eigenvalue weighted by Crippen LogP contribution is -2.06. The molecule has 2 aromatic rings. The van der Waals surface area contributed by atoms with Crippen molar-refractivity contribution in [2.75, 3.05) is 11.1 Å². The van der Waals surface area contributed by atoms with E-state index >= 15 is 0 Å². The van der Waals surface area contributed by atoms with Crippen molar-refractivity contribution in [2.45, 2.75) is 19.9 Å². The number of benzene rings is 1. The molecule has 0 aliphatic heterocycles. The first-order valence-electron chi connectivity index (χ1n) is 5.19. The maximum Gasteiger partial charge on any atom is 0.216 e. The van der Waals surface area contributed by atoms with Crippen molar-refractivity contribution >= 4 is 11.4 Å². The van der Waals surface area contributed by atoms with Gasteiger partial charge in [0.1, 0.15) is 11.8 Å². The van der Waals surface area contributed by atoms with Crippen LogP contribution in [-0.2, 0) is 0 Å². The first kappa shape index (κ1) is 10.5. The van der Waals surface area contributed by atoms with Crippen LogP contribution in [0.4, 0.5) is 11.4 Å². The first-order chi connectivity index (χ1) is 7.65. The zero-order chi connectivity index (χ0) is 11.5. The van der Waals surface area contributed by atoms with Crippen molar-refractivity contribution < 1.29 is 4.42 Å². The van der Waals surface area contributed by atoms with Gasteiger partial charge in [-0.25, -0.2) is 4.98 Å². The predicted molar refractivity (Wildman–Crippen MR) is 64.1 cm³/mol. The molecule has 0 bridgehead atoms. The highest BCUT2D eigenvalue weighted by Crippen LogP contribution is 2.20. The van der Waals surface area contributed by atoms with Gasteiger partial charge in [0, 0.05) is 11.4 Å². The molecule has 16 heavy (non-hydrogen) atoms. The monoisotopic (exact) mass is 217 g/mol. The van der Waals surface area contributed by atoms with Crippen LogP contribution in [0, 0.1) is 6.92 Å². The Morgan fingerprint density at radius 1 is 1.44 bits per heavy atom. The summed E-state index contributed by atoms with van der Waals surface area (Å²) in [5, 5.41) is 3.28. The molecule has 1 aromatic carbocycles. The minimum absolute atomic E-state index is 0.0236. The van der Waals surface area contributed by atoms with Gasteiger partial charge < -0.3 is 15.5 Å². The summed E-state index contributed by atoms with van der Waals surface area (Å²) >= 11 is 0. The van der Waals surface area contributed by atoms with E-state index in [-0.39, 0.29) is 6.04 Å². The van der Waals surface area contributed by atoms with Crippen molar-refractivity contribution in [3.8, 4) is 0 Å². The second kappa shape index (κ2) is 4.26. The molecule has 1 heterocycles. The van der Waals surface area contributed by atoms with E-state index in [0.717, 1.165) is 17.1 Å². The first-order valence-corrected chi connectivity index (χ1v) is 5.19. The predicted octanol–water partition coefficient (Wildman–Crippen LogP) is 2.74. The summed E-state index contributed by atoms with van der Waals surface area (Å²) in [4.78, 5) is 4.17. The van der Waals surface area contributed by atoms with Crippen molar-refractivity contribution in [1.82, 2.24) is 4.98 Å². The Hall–Kier alpha value is -1.97. The van der Waals surface area contributed by atoms with Crippen LogP contribution < -0.4 is 11.1 Å². The molecule has 0 aliphatic rings. The van der Waals surface area contributed by atoms with E-state index in [9.17, 15) is 0 Å². The number of nitrogen functional groups attached to an aromatic ring is 1. The SMILES string of the molecule is Cc1cnc(C(C)Nc2cccc(N)c2)o1. The van der Waals surface area contributed by atoms with Crippen molar-refractivity contribution in [3.63, 3.8) is 0 Å². The Bertz CT molecular complexity index is 479. The second-order valence-electron chi connectivity index (χ2n) is 3.80. The Balaban J connectivity index is 2.10. The molecule has 1 aromatic heterocycles. The number of aryl methyl sites for hydroxylation is 1. The summed E-state index contributed by atoms with van der Waals surface area (Å²) in [5.41, 5.74) is 7.40. The van der Waals surface area contributed by atoms with Crippen LogP contribution in [0.1, 0.15) is 24.6 Å². The lowest BCUT2D eigenvalue weighted by atomic mass is 10.2. The number of aromatic nitrogens is 1. The molecule has 0 aliphatic carbocycles. The van der Waals surface area contributed by atoms with E-state index < -0.39 is 0 Å². The van der Waals surface area contributed by atoms with Gasteiger partial charge in [-0.1, -0.05) is 6.07 Å². The molecule has 4 heteroatoms. The van der Waals surface area contributed by atoms with E-state index in [0.29, 0.717) is 5.89 Å². The fraction of sp³-hybridized carbons (Fsp3) is 0.250. The van der Waals surface area contributed by atoms with E-state index in [1.54, 1.807) is 6.20 Å². The highest BCUT2D eigenvalue weighted by atomic mass is 16.4. The van der Waals surface area contributed by atoms with Crippen LogP contribution in [0.15, 0.2) is 34.9 Å². The van der Waals surface area contributed by atoms with Gasteiger partial charge >= 0.3 is 0 Å². The number of oxazole rings is 1. The van der Waals surface area contributed by atoms with E-state index in [1.807, 2.05) is 38.1 Å². The Morgan fingerprint density at radius 2 is 2.25 bits per heavy atom. The molecule has 0 amide bonds. The maximum absolute atomic E-state index is 5.70. The quantitative estimate of drug-likeness (QED) is 0.776. The van der Waals surface area contributed by atoms with Gasteiger partial charge in [-0.15, -0.1) is 0 Å². The number of hydrogen-bond donors (Lipinski definition) is 2. The van der Waals surface area contributed by atoms with E-state index in [2.05, 4.69) is 10.3 Å². The zero-order valence-corrected chi connectivity index (χ0v) is 9.40. The number of nitrogens with zero attached hydrogens (tertiary/aromatic N) is 1. The summed E-state index contributed by atoms with van der Waals surface area (Å²) in [6.45, 7) is 3.87. The third kappa shape index (κ3) is 2.34. The van der Waals surface area contributed by atoms with Crippen LogP contribution in [0.3, 0.4) is 0 Å². The molecule has 0 radical (unpaired) electrons. The second-order valence-corrected chi connectivity index (χ2v) is 3.80. The van der Waals surface area contributed by atoms with Crippen molar-refractivity contribution in [2.24, 2.45) is 0 Å². The summed E-state index contributed by atoms with van der Waals surface area (Å²) < 4.78 is 5.44. The molecule has 1 atom stereocenters. The maximum atomic E-state index is 5.70. The summed E-state index contributed by atoms with van der Waals surface area (Å²) in [6, 6.07) is 7.63. The molecule has 84 valence electrons. The molecule has 0 spiro atoms. The van der Waals surface area contributed by atoms with Gasteiger partial charge in [0.05, 0.1) is 6.20 Å². The molecule has 2 rings (SSSR count). The third-order valence-electron chi connectivity index (χ3n) is 2.28. The number of nitrogens with one attached hydrogen (secondary N) is 1. The normalized spacial score (nSPS) is 12.4. The standard InChI is InChI=1S/C12H15N3O/c1-8-7-14-12(16-8)9(2)15-11-5-3-4-10(13)6-11/h3-7,9,15H,13H2,1-2H3. The average Bonchev–Trinajstić information content (AvgIpc) is 2.65. The number of anilines is 2. The molecule has 1 unspecified atom stereocenters. The minimum Gasteiger partial charge on any atom is -0.444 e. The fourth-order valence-corrected chi connectivity index (χ4v) is 1.51. The Labute approximate surface area is 94.5 Å². The van der Waals surface area contributed by atoms with Gasteiger partial charge in [-0.2, -0.15) is 0 Å². The van der Waals surface area contributed by atoms with Gasteiger partial charge in [-0.05, 0) is 32.0 Å². The molecule has 4 nitrogen and oxygen atoms in total. The van der Waals surface area contributed by atoms with Gasteiger partial charge in [0.2, 0.25) is 5.89 Å². The van der Waals surface area contributed by atoms with Crippen LogP contribution in [0.25, 0.3) is 0 Å². The zero-order valence-electron chi connectivity index (χ0n) is 9.40. The number of nitrogens with two attached hydrogens (primary N) is 1. The smallest absolute Gasteiger partial charge is 0.216 e. The number of rotatable bonds is 3. The van der Waals surface area contributed by atoms with E-state index in [1.165, 1.54) is 0 Å². The Kier molecular flexibility index (Phi) is 2.81. The highest BCUT2D eigenvalue weighted by Gasteiger charge is 2.10. The lowest BCUT2D eigenvalue weighted by molar-refractivity contribution is 0.454.